The number of pyridine rings is 1. The molecule has 27 heavy (non-hydrogen) atoms. The number of nitrogens with one attached hydrogen (secondary N) is 1. The Morgan fingerprint density at radius 2 is 1.96 bits per heavy atom. The summed E-state index contributed by atoms with van der Waals surface area (Å²) in [6.45, 7) is 2.06. The van der Waals surface area contributed by atoms with Crippen LogP contribution in [0.4, 0.5) is 0 Å². The number of rotatable bonds is 4. The molecule has 3 rings (SSSR count). The van der Waals surface area contributed by atoms with E-state index in [1.165, 1.54) is 11.6 Å². The molecule has 0 atom stereocenters. The zero-order valence-electron chi connectivity index (χ0n) is 14.7. The van der Waals surface area contributed by atoms with Crippen LogP contribution in [0.5, 0.6) is 5.75 Å². The molecular formula is C19H17ClN4O3. The Balaban J connectivity index is 1.91. The lowest BCUT2D eigenvalue weighted by atomic mass is 10.1. The fourth-order valence-corrected chi connectivity index (χ4v) is 2.72. The van der Waals surface area contributed by atoms with E-state index in [4.69, 9.17) is 11.6 Å². The second kappa shape index (κ2) is 7.59. The van der Waals surface area contributed by atoms with Gasteiger partial charge in [-0.3, -0.25) is 19.1 Å². The summed E-state index contributed by atoms with van der Waals surface area (Å²) in [6, 6.07) is 8.75. The third kappa shape index (κ3) is 3.83. The lowest BCUT2D eigenvalue weighted by Gasteiger charge is -2.12. The van der Waals surface area contributed by atoms with E-state index in [0.29, 0.717) is 10.6 Å². The van der Waals surface area contributed by atoms with Gasteiger partial charge in [-0.1, -0.05) is 23.7 Å². The Hall–Kier alpha value is -3.19. The van der Waals surface area contributed by atoms with Gasteiger partial charge >= 0.3 is 0 Å². The largest absolute Gasteiger partial charge is 0.501 e. The first kappa shape index (κ1) is 18.6. The molecule has 2 aromatic heterocycles. The van der Waals surface area contributed by atoms with Crippen molar-refractivity contribution in [3.8, 4) is 17.1 Å². The topological polar surface area (TPSA) is 97.1 Å². The minimum atomic E-state index is -0.708. The molecule has 8 heteroatoms. The van der Waals surface area contributed by atoms with Gasteiger partial charge in [0.2, 0.25) is 5.75 Å². The predicted octanol–water partition coefficient (Wildman–Crippen LogP) is 2.44. The van der Waals surface area contributed by atoms with Crippen molar-refractivity contribution in [3.05, 3.63) is 74.9 Å². The third-order valence-electron chi connectivity index (χ3n) is 4.11. The van der Waals surface area contributed by atoms with Crippen LogP contribution >= 0.6 is 11.6 Å². The van der Waals surface area contributed by atoms with E-state index in [1.807, 2.05) is 19.1 Å². The second-order valence-corrected chi connectivity index (χ2v) is 6.41. The maximum atomic E-state index is 12.5. The van der Waals surface area contributed by atoms with Crippen molar-refractivity contribution in [2.45, 2.75) is 13.5 Å². The summed E-state index contributed by atoms with van der Waals surface area (Å²) in [5.74, 6) is -1.10. The van der Waals surface area contributed by atoms with Crippen molar-refractivity contribution in [2.75, 3.05) is 0 Å². The van der Waals surface area contributed by atoms with Gasteiger partial charge < -0.3 is 10.4 Å². The zero-order chi connectivity index (χ0) is 19.6. The number of benzene rings is 1. The summed E-state index contributed by atoms with van der Waals surface area (Å²) in [5.41, 5.74) is 1.28. The molecule has 0 fully saturated rings. The molecular weight excluding hydrogens is 368 g/mol. The van der Waals surface area contributed by atoms with Gasteiger partial charge in [0, 0.05) is 36.6 Å². The van der Waals surface area contributed by atoms with Crippen molar-refractivity contribution in [2.24, 2.45) is 7.05 Å². The average Bonchev–Trinajstić information content (AvgIpc) is 2.68. The van der Waals surface area contributed by atoms with Gasteiger partial charge in [0.15, 0.2) is 5.69 Å². The number of amides is 1. The van der Waals surface area contributed by atoms with Crippen LogP contribution in [0.1, 0.15) is 21.6 Å². The Kier molecular flexibility index (Phi) is 5.23. The maximum absolute atomic E-state index is 12.5. The molecule has 7 nitrogen and oxygen atoms in total. The van der Waals surface area contributed by atoms with Gasteiger partial charge in [0.25, 0.3) is 11.5 Å². The van der Waals surface area contributed by atoms with Crippen molar-refractivity contribution < 1.29 is 9.90 Å². The number of hydrogen-bond acceptors (Lipinski definition) is 5. The van der Waals surface area contributed by atoms with Crippen molar-refractivity contribution in [3.63, 3.8) is 0 Å². The smallest absolute Gasteiger partial charge is 0.296 e. The van der Waals surface area contributed by atoms with Crippen LogP contribution in [0.3, 0.4) is 0 Å². The number of carbonyl (C=O) groups is 1. The molecule has 3 aromatic rings. The molecule has 2 N–H and O–H groups in total. The highest BCUT2D eigenvalue weighted by atomic mass is 35.5. The summed E-state index contributed by atoms with van der Waals surface area (Å²) in [7, 11) is 1.47. The molecule has 0 saturated heterocycles. The number of carbonyl (C=O) groups excluding carboxylic acids is 1. The van der Waals surface area contributed by atoms with E-state index in [2.05, 4.69) is 15.3 Å². The average molecular weight is 385 g/mol. The molecule has 0 saturated carbocycles. The SMILES string of the molecule is Cc1ccc(CNC(=O)c2nc(-c3ccncc3)n(C)c(=O)c2O)cc1Cl. The van der Waals surface area contributed by atoms with E-state index in [9.17, 15) is 14.7 Å². The summed E-state index contributed by atoms with van der Waals surface area (Å²) in [4.78, 5) is 32.9. The first-order valence-corrected chi connectivity index (χ1v) is 8.50. The Morgan fingerprint density at radius 1 is 1.26 bits per heavy atom. The third-order valence-corrected chi connectivity index (χ3v) is 4.52. The monoisotopic (exact) mass is 384 g/mol. The van der Waals surface area contributed by atoms with Gasteiger partial charge in [-0.25, -0.2) is 4.98 Å². The number of aryl methyl sites for hydroxylation is 1. The minimum Gasteiger partial charge on any atom is -0.501 e. The molecule has 0 bridgehead atoms. The highest BCUT2D eigenvalue weighted by molar-refractivity contribution is 6.31. The Morgan fingerprint density at radius 3 is 2.63 bits per heavy atom. The predicted molar refractivity (Wildman–Crippen MR) is 102 cm³/mol. The lowest BCUT2D eigenvalue weighted by Crippen LogP contribution is -2.29. The minimum absolute atomic E-state index is 0.180. The molecule has 0 radical (unpaired) electrons. The van der Waals surface area contributed by atoms with Gasteiger partial charge in [-0.2, -0.15) is 0 Å². The van der Waals surface area contributed by atoms with E-state index in [0.717, 1.165) is 11.1 Å². The summed E-state index contributed by atoms with van der Waals surface area (Å²) >= 11 is 6.08. The molecule has 2 heterocycles. The van der Waals surface area contributed by atoms with Gasteiger partial charge in [-0.05, 0) is 36.2 Å². The van der Waals surface area contributed by atoms with Crippen LogP contribution in [0.15, 0.2) is 47.5 Å². The van der Waals surface area contributed by atoms with Crippen LogP contribution < -0.4 is 10.9 Å². The summed E-state index contributed by atoms with van der Waals surface area (Å²) in [6.07, 6.45) is 3.10. The molecule has 0 aliphatic rings. The molecule has 0 aliphatic heterocycles. The number of aromatic nitrogens is 3. The maximum Gasteiger partial charge on any atom is 0.296 e. The zero-order valence-corrected chi connectivity index (χ0v) is 15.5. The summed E-state index contributed by atoms with van der Waals surface area (Å²) in [5, 5.41) is 13.3. The van der Waals surface area contributed by atoms with Crippen LogP contribution in [0, 0.1) is 6.92 Å². The highest BCUT2D eigenvalue weighted by Crippen LogP contribution is 2.19. The standard InChI is InChI=1S/C19H17ClN4O3/c1-11-3-4-12(9-14(11)20)10-22-18(26)15-16(25)19(27)24(2)17(23-15)13-5-7-21-8-6-13/h3-9,25H,10H2,1-2H3,(H,22,26). The Labute approximate surface area is 160 Å². The van der Waals surface area contributed by atoms with Crippen LogP contribution in [-0.2, 0) is 13.6 Å². The van der Waals surface area contributed by atoms with E-state index in [-0.39, 0.29) is 18.1 Å². The number of nitrogens with zero attached hydrogens (tertiary/aromatic N) is 3. The van der Waals surface area contributed by atoms with E-state index < -0.39 is 17.2 Å². The Bertz CT molecular complexity index is 1060. The number of halogens is 1. The first-order valence-electron chi connectivity index (χ1n) is 8.12. The lowest BCUT2D eigenvalue weighted by molar-refractivity contribution is 0.0942. The second-order valence-electron chi connectivity index (χ2n) is 6.00. The van der Waals surface area contributed by atoms with Gasteiger partial charge in [0.1, 0.15) is 5.82 Å². The molecule has 0 unspecified atom stereocenters. The van der Waals surface area contributed by atoms with Crippen molar-refractivity contribution in [1.82, 2.24) is 19.9 Å². The van der Waals surface area contributed by atoms with Crippen LogP contribution in [0.2, 0.25) is 5.02 Å². The highest BCUT2D eigenvalue weighted by Gasteiger charge is 2.20. The fourth-order valence-electron chi connectivity index (χ4n) is 2.52. The van der Waals surface area contributed by atoms with E-state index >= 15 is 0 Å². The van der Waals surface area contributed by atoms with Crippen LogP contribution in [0.25, 0.3) is 11.4 Å². The normalized spacial score (nSPS) is 10.6. The molecule has 1 aromatic carbocycles. The molecule has 0 spiro atoms. The number of hydrogen-bond donors (Lipinski definition) is 2. The van der Waals surface area contributed by atoms with Crippen molar-refractivity contribution in [1.29, 1.82) is 0 Å². The summed E-state index contributed by atoms with van der Waals surface area (Å²) < 4.78 is 1.18. The quantitative estimate of drug-likeness (QED) is 0.720. The van der Waals surface area contributed by atoms with Gasteiger partial charge in [-0.15, -0.1) is 0 Å². The first-order chi connectivity index (χ1) is 12.9. The fraction of sp³-hybridized carbons (Fsp3) is 0.158. The number of aromatic hydroxyl groups is 1. The van der Waals surface area contributed by atoms with E-state index in [1.54, 1.807) is 30.6 Å². The van der Waals surface area contributed by atoms with Gasteiger partial charge in [0.05, 0.1) is 0 Å². The molecule has 1 amide bonds. The molecule has 138 valence electrons. The molecule has 0 aliphatic carbocycles. The van der Waals surface area contributed by atoms with Crippen molar-refractivity contribution >= 4 is 17.5 Å². The van der Waals surface area contributed by atoms with Crippen LogP contribution in [-0.4, -0.2) is 25.5 Å².